The number of hydrogen-bond acceptors (Lipinski definition) is 7. The topological polar surface area (TPSA) is 110 Å². The Morgan fingerprint density at radius 2 is 1.89 bits per heavy atom. The number of aromatic nitrogens is 3. The molecule has 0 bridgehead atoms. The second kappa shape index (κ2) is 9.29. The van der Waals surface area contributed by atoms with Crippen molar-refractivity contribution >= 4 is 32.7 Å². The van der Waals surface area contributed by atoms with Gasteiger partial charge < -0.3 is 19.5 Å². The van der Waals surface area contributed by atoms with Gasteiger partial charge in [0.05, 0.1) is 35.7 Å². The van der Waals surface area contributed by atoms with Crippen LogP contribution >= 0.6 is 0 Å². The highest BCUT2D eigenvalue weighted by Gasteiger charge is 2.31. The molecule has 1 saturated carbocycles. The third kappa shape index (κ3) is 4.89. The SMILES string of the molecule is CC(Oc1cc(-c2ccc(N3CCN(S(C)(=O)=O)CC3)cn2)cc2ncn(C3CC3)c12)C1CNC(=O)C1. The fourth-order valence-corrected chi connectivity index (χ4v) is 6.10. The number of carbonyl (C=O) groups excluding carboxylic acids is 1. The van der Waals surface area contributed by atoms with E-state index in [4.69, 9.17) is 9.72 Å². The smallest absolute Gasteiger partial charge is 0.220 e. The van der Waals surface area contributed by atoms with E-state index < -0.39 is 10.0 Å². The first-order valence-electron chi connectivity index (χ1n) is 12.9. The summed E-state index contributed by atoms with van der Waals surface area (Å²) in [4.78, 5) is 23.3. The molecule has 10 nitrogen and oxygen atoms in total. The molecule has 1 aromatic carbocycles. The first kappa shape index (κ1) is 24.2. The number of ether oxygens (including phenoxy) is 1. The number of rotatable bonds is 7. The monoisotopic (exact) mass is 524 g/mol. The van der Waals surface area contributed by atoms with E-state index in [0.717, 1.165) is 46.6 Å². The molecule has 6 rings (SSSR count). The molecule has 1 N–H and O–H groups in total. The molecule has 2 aromatic heterocycles. The van der Waals surface area contributed by atoms with Gasteiger partial charge in [0.2, 0.25) is 15.9 Å². The van der Waals surface area contributed by atoms with Crippen molar-refractivity contribution in [3.8, 4) is 17.0 Å². The zero-order valence-corrected chi connectivity index (χ0v) is 21.9. The molecule has 2 saturated heterocycles. The molecule has 1 aliphatic carbocycles. The quantitative estimate of drug-likeness (QED) is 0.506. The third-order valence-electron chi connectivity index (χ3n) is 7.68. The number of amides is 1. The van der Waals surface area contributed by atoms with E-state index in [2.05, 4.69) is 25.8 Å². The number of sulfonamides is 1. The van der Waals surface area contributed by atoms with Gasteiger partial charge in [0, 0.05) is 56.7 Å². The standard InChI is InChI=1S/C26H32N6O4S/c1-17(19-13-25(33)28-14-19)36-24-12-18(11-23-26(24)32(16-29-23)20-3-4-20)22-6-5-21(15-27-22)30-7-9-31(10-8-30)37(2,34)35/h5-6,11-12,15-17,19-20H,3-4,7-10,13-14H2,1-2H3,(H,28,33). The number of benzene rings is 1. The molecule has 3 fully saturated rings. The van der Waals surface area contributed by atoms with Gasteiger partial charge in [0.25, 0.3) is 0 Å². The van der Waals surface area contributed by atoms with Crippen LogP contribution in [0.15, 0.2) is 36.8 Å². The van der Waals surface area contributed by atoms with E-state index in [1.54, 1.807) is 0 Å². The maximum absolute atomic E-state index is 11.8. The Balaban J connectivity index is 1.26. The zero-order chi connectivity index (χ0) is 25.7. The molecule has 4 heterocycles. The Labute approximate surface area is 216 Å². The van der Waals surface area contributed by atoms with Gasteiger partial charge in [-0.25, -0.2) is 13.4 Å². The van der Waals surface area contributed by atoms with Gasteiger partial charge in [-0.15, -0.1) is 0 Å². The molecule has 11 heteroatoms. The van der Waals surface area contributed by atoms with E-state index in [1.165, 1.54) is 10.6 Å². The van der Waals surface area contributed by atoms with E-state index in [1.807, 2.05) is 37.6 Å². The number of imidazole rings is 1. The van der Waals surface area contributed by atoms with Crippen LogP contribution in [0.5, 0.6) is 5.75 Å². The van der Waals surface area contributed by atoms with Gasteiger partial charge in [-0.1, -0.05) is 0 Å². The van der Waals surface area contributed by atoms with Gasteiger partial charge in [-0.05, 0) is 44.0 Å². The van der Waals surface area contributed by atoms with E-state index in [0.29, 0.717) is 45.2 Å². The van der Waals surface area contributed by atoms with Gasteiger partial charge >= 0.3 is 0 Å². The first-order valence-corrected chi connectivity index (χ1v) is 14.7. The number of fused-ring (bicyclic) bond motifs is 1. The Morgan fingerprint density at radius 3 is 2.51 bits per heavy atom. The lowest BCUT2D eigenvalue weighted by Crippen LogP contribution is -2.48. The summed E-state index contributed by atoms with van der Waals surface area (Å²) in [6.07, 6.45) is 7.64. The van der Waals surface area contributed by atoms with Crippen molar-refractivity contribution in [1.82, 2.24) is 24.2 Å². The number of hydrogen-bond donors (Lipinski definition) is 1. The Bertz CT molecular complexity index is 1430. The molecule has 2 atom stereocenters. The number of anilines is 1. The van der Waals surface area contributed by atoms with Crippen molar-refractivity contribution in [2.24, 2.45) is 5.92 Å². The molecule has 2 aliphatic heterocycles. The molecule has 0 radical (unpaired) electrons. The van der Waals surface area contributed by atoms with Gasteiger partial charge in [0.1, 0.15) is 17.4 Å². The van der Waals surface area contributed by atoms with Crippen molar-refractivity contribution in [3.05, 3.63) is 36.8 Å². The minimum Gasteiger partial charge on any atom is -0.488 e. The van der Waals surface area contributed by atoms with Crippen LogP contribution in [0.3, 0.4) is 0 Å². The van der Waals surface area contributed by atoms with Crippen LogP contribution in [0.4, 0.5) is 5.69 Å². The van der Waals surface area contributed by atoms with Crippen LogP contribution in [-0.2, 0) is 14.8 Å². The minimum absolute atomic E-state index is 0.0735. The van der Waals surface area contributed by atoms with Crippen LogP contribution < -0.4 is 15.0 Å². The maximum Gasteiger partial charge on any atom is 0.220 e. The summed E-state index contributed by atoms with van der Waals surface area (Å²) >= 11 is 0. The lowest BCUT2D eigenvalue weighted by molar-refractivity contribution is -0.119. The molecular weight excluding hydrogens is 492 g/mol. The highest BCUT2D eigenvalue weighted by atomic mass is 32.2. The molecule has 1 amide bonds. The number of nitrogens with one attached hydrogen (secondary N) is 1. The first-order chi connectivity index (χ1) is 17.8. The largest absolute Gasteiger partial charge is 0.488 e. The number of piperazine rings is 1. The lowest BCUT2D eigenvalue weighted by Gasteiger charge is -2.34. The van der Waals surface area contributed by atoms with E-state index in [-0.39, 0.29) is 17.9 Å². The second-order valence-corrected chi connectivity index (χ2v) is 12.3. The van der Waals surface area contributed by atoms with Crippen LogP contribution in [0, 0.1) is 5.92 Å². The predicted molar refractivity (Wildman–Crippen MR) is 141 cm³/mol. The summed E-state index contributed by atoms with van der Waals surface area (Å²) < 4.78 is 33.9. The Kier molecular flexibility index (Phi) is 6.07. The highest BCUT2D eigenvalue weighted by Crippen LogP contribution is 2.41. The lowest BCUT2D eigenvalue weighted by atomic mass is 10.0. The maximum atomic E-state index is 11.8. The molecule has 196 valence electrons. The summed E-state index contributed by atoms with van der Waals surface area (Å²) in [7, 11) is -3.16. The Hall–Kier alpha value is -3.18. The highest BCUT2D eigenvalue weighted by molar-refractivity contribution is 7.88. The van der Waals surface area contributed by atoms with Gasteiger partial charge in [-0.3, -0.25) is 9.78 Å². The molecule has 37 heavy (non-hydrogen) atoms. The summed E-state index contributed by atoms with van der Waals surface area (Å²) in [5, 5.41) is 2.90. The van der Waals surface area contributed by atoms with Crippen molar-refractivity contribution in [1.29, 1.82) is 0 Å². The van der Waals surface area contributed by atoms with E-state index in [9.17, 15) is 13.2 Å². The average molecular weight is 525 g/mol. The number of nitrogens with zero attached hydrogens (tertiary/aromatic N) is 5. The van der Waals surface area contributed by atoms with Crippen LogP contribution in [0.25, 0.3) is 22.3 Å². The van der Waals surface area contributed by atoms with E-state index >= 15 is 0 Å². The van der Waals surface area contributed by atoms with Gasteiger partial charge in [-0.2, -0.15) is 4.31 Å². The molecule has 3 aliphatic rings. The molecule has 0 spiro atoms. The van der Waals surface area contributed by atoms with Crippen LogP contribution in [0.1, 0.15) is 32.2 Å². The van der Waals surface area contributed by atoms with Crippen LogP contribution in [0.2, 0.25) is 0 Å². The Morgan fingerprint density at radius 1 is 1.11 bits per heavy atom. The van der Waals surface area contributed by atoms with Crippen LogP contribution in [-0.4, -0.2) is 78.2 Å². The minimum atomic E-state index is -3.16. The van der Waals surface area contributed by atoms with Crippen molar-refractivity contribution in [3.63, 3.8) is 0 Å². The second-order valence-electron chi connectivity index (χ2n) is 10.4. The molecular formula is C26H32N6O4S. The fourth-order valence-electron chi connectivity index (χ4n) is 5.28. The third-order valence-corrected chi connectivity index (χ3v) is 8.98. The summed E-state index contributed by atoms with van der Waals surface area (Å²) in [6.45, 7) is 4.87. The predicted octanol–water partition coefficient (Wildman–Crippen LogP) is 2.42. The van der Waals surface area contributed by atoms with Crippen molar-refractivity contribution in [2.45, 2.75) is 38.3 Å². The summed E-state index contributed by atoms with van der Waals surface area (Å²) in [6, 6.07) is 8.58. The molecule has 2 unspecified atom stereocenters. The molecule has 3 aromatic rings. The van der Waals surface area contributed by atoms with Crippen molar-refractivity contribution in [2.75, 3.05) is 43.9 Å². The summed E-state index contributed by atoms with van der Waals surface area (Å²) in [5.41, 5.74) is 4.58. The van der Waals surface area contributed by atoms with Crippen molar-refractivity contribution < 1.29 is 17.9 Å². The van der Waals surface area contributed by atoms with Gasteiger partial charge in [0.15, 0.2) is 0 Å². The zero-order valence-electron chi connectivity index (χ0n) is 21.1. The summed E-state index contributed by atoms with van der Waals surface area (Å²) in [5.74, 6) is 0.972. The fraction of sp³-hybridized carbons (Fsp3) is 0.500. The number of pyridine rings is 1. The average Bonchev–Trinajstić information content (AvgIpc) is 3.48. The normalized spacial score (nSPS) is 21.8. The number of carbonyl (C=O) groups is 1.